The van der Waals surface area contributed by atoms with Gasteiger partial charge < -0.3 is 4.74 Å². The van der Waals surface area contributed by atoms with Gasteiger partial charge in [0.05, 0.1) is 18.4 Å². The maximum absolute atomic E-state index is 13.1. The molecule has 0 bridgehead atoms. The first-order valence-electron chi connectivity index (χ1n) is 9.02. The van der Waals surface area contributed by atoms with Crippen molar-refractivity contribution in [3.8, 4) is 5.75 Å². The lowest BCUT2D eigenvalue weighted by Crippen LogP contribution is -2.28. The standard InChI is InChI=1S/C22H19N3O2S2/c1-15-7-9-18(27-2)20-21(15)29-22(24-20)25(14-16-5-3-11-23-13-16)19(26)10-8-17-6-4-12-28-17/h3-13H,14H2,1-2H3. The molecule has 0 fully saturated rings. The van der Waals surface area contributed by atoms with Gasteiger partial charge in [-0.2, -0.15) is 0 Å². The summed E-state index contributed by atoms with van der Waals surface area (Å²) in [5.74, 6) is 0.578. The van der Waals surface area contributed by atoms with E-state index < -0.39 is 0 Å². The average Bonchev–Trinajstić information content (AvgIpc) is 3.42. The average molecular weight is 422 g/mol. The number of aryl methyl sites for hydroxylation is 1. The summed E-state index contributed by atoms with van der Waals surface area (Å²) in [5.41, 5.74) is 2.82. The number of nitrogens with zero attached hydrogens (tertiary/aromatic N) is 3. The van der Waals surface area contributed by atoms with E-state index in [0.717, 1.165) is 26.2 Å². The molecule has 29 heavy (non-hydrogen) atoms. The quantitative estimate of drug-likeness (QED) is 0.396. The number of amides is 1. The number of ether oxygens (including phenoxy) is 1. The molecule has 146 valence electrons. The van der Waals surface area contributed by atoms with Crippen molar-refractivity contribution in [1.29, 1.82) is 0 Å². The molecule has 4 aromatic rings. The lowest BCUT2D eigenvalue weighted by atomic mass is 10.2. The fraction of sp³-hybridized carbons (Fsp3) is 0.136. The maximum Gasteiger partial charge on any atom is 0.253 e. The van der Waals surface area contributed by atoms with Gasteiger partial charge in [-0.1, -0.05) is 29.5 Å². The molecule has 1 aromatic carbocycles. The zero-order valence-electron chi connectivity index (χ0n) is 16.0. The number of thiazole rings is 1. The predicted molar refractivity (Wildman–Crippen MR) is 120 cm³/mol. The largest absolute Gasteiger partial charge is 0.494 e. The number of benzene rings is 1. The van der Waals surface area contributed by atoms with Crippen molar-refractivity contribution in [3.05, 3.63) is 76.3 Å². The van der Waals surface area contributed by atoms with Crippen LogP contribution in [0.2, 0.25) is 0 Å². The fourth-order valence-corrected chi connectivity index (χ4v) is 4.60. The highest BCUT2D eigenvalue weighted by Crippen LogP contribution is 2.37. The molecule has 0 spiro atoms. The van der Waals surface area contributed by atoms with Gasteiger partial charge in [0, 0.05) is 23.3 Å². The Morgan fingerprint density at radius 3 is 2.86 bits per heavy atom. The van der Waals surface area contributed by atoms with Crippen molar-refractivity contribution in [3.63, 3.8) is 0 Å². The number of methoxy groups -OCH3 is 1. The third kappa shape index (κ3) is 4.21. The van der Waals surface area contributed by atoms with E-state index in [1.54, 1.807) is 41.8 Å². The Balaban J connectivity index is 1.74. The Morgan fingerprint density at radius 1 is 1.24 bits per heavy atom. The van der Waals surface area contributed by atoms with Crippen LogP contribution in [0.4, 0.5) is 5.13 Å². The normalized spacial score (nSPS) is 11.2. The number of hydrogen-bond acceptors (Lipinski definition) is 6. The summed E-state index contributed by atoms with van der Waals surface area (Å²) >= 11 is 3.08. The second kappa shape index (κ2) is 8.55. The molecule has 0 aliphatic rings. The molecule has 5 nitrogen and oxygen atoms in total. The van der Waals surface area contributed by atoms with Crippen LogP contribution < -0.4 is 9.64 Å². The molecule has 0 atom stereocenters. The molecule has 0 saturated heterocycles. The van der Waals surface area contributed by atoms with Gasteiger partial charge in [0.15, 0.2) is 5.13 Å². The molecular formula is C22H19N3O2S2. The van der Waals surface area contributed by atoms with Crippen LogP contribution in [0.3, 0.4) is 0 Å². The number of carbonyl (C=O) groups excluding carboxylic acids is 1. The summed E-state index contributed by atoms with van der Waals surface area (Å²) in [6.07, 6.45) is 6.92. The van der Waals surface area contributed by atoms with E-state index in [2.05, 4.69) is 4.98 Å². The molecule has 4 rings (SSSR count). The highest BCUT2D eigenvalue weighted by atomic mass is 32.1. The minimum Gasteiger partial charge on any atom is -0.494 e. The van der Waals surface area contributed by atoms with E-state index in [4.69, 9.17) is 9.72 Å². The van der Waals surface area contributed by atoms with Gasteiger partial charge in [0.25, 0.3) is 5.91 Å². The number of pyridine rings is 1. The SMILES string of the molecule is COc1ccc(C)c2sc(N(Cc3cccnc3)C(=O)C=Cc3cccs3)nc12. The van der Waals surface area contributed by atoms with E-state index >= 15 is 0 Å². The summed E-state index contributed by atoms with van der Waals surface area (Å²) in [5, 5.41) is 2.62. The van der Waals surface area contributed by atoms with E-state index in [0.29, 0.717) is 17.4 Å². The monoisotopic (exact) mass is 421 g/mol. The summed E-state index contributed by atoms with van der Waals surface area (Å²) in [7, 11) is 1.63. The molecule has 0 aliphatic heterocycles. The van der Waals surface area contributed by atoms with Gasteiger partial charge in [0.2, 0.25) is 0 Å². The van der Waals surface area contributed by atoms with Crippen LogP contribution in [0, 0.1) is 6.92 Å². The van der Waals surface area contributed by atoms with Gasteiger partial charge in [-0.25, -0.2) is 4.98 Å². The van der Waals surface area contributed by atoms with E-state index in [1.807, 2.05) is 54.8 Å². The zero-order valence-corrected chi connectivity index (χ0v) is 17.7. The summed E-state index contributed by atoms with van der Waals surface area (Å²) in [4.78, 5) is 24.8. The Morgan fingerprint density at radius 2 is 2.14 bits per heavy atom. The van der Waals surface area contributed by atoms with E-state index in [-0.39, 0.29) is 5.91 Å². The Kier molecular flexibility index (Phi) is 5.69. The Labute approximate surface area is 176 Å². The summed E-state index contributed by atoms with van der Waals surface area (Å²) < 4.78 is 6.49. The molecule has 1 amide bonds. The van der Waals surface area contributed by atoms with Crippen LogP contribution in [-0.2, 0) is 11.3 Å². The van der Waals surface area contributed by atoms with Gasteiger partial charge in [-0.3, -0.25) is 14.7 Å². The number of aromatic nitrogens is 2. The first-order chi connectivity index (χ1) is 14.2. The predicted octanol–water partition coefficient (Wildman–Crippen LogP) is 5.32. The maximum atomic E-state index is 13.1. The highest BCUT2D eigenvalue weighted by Gasteiger charge is 2.20. The van der Waals surface area contributed by atoms with Crippen molar-refractivity contribution in [1.82, 2.24) is 9.97 Å². The highest BCUT2D eigenvalue weighted by molar-refractivity contribution is 7.22. The smallest absolute Gasteiger partial charge is 0.253 e. The van der Waals surface area contributed by atoms with Gasteiger partial charge in [0.1, 0.15) is 11.3 Å². The second-order valence-corrected chi connectivity index (χ2v) is 8.35. The molecule has 0 N–H and O–H groups in total. The van der Waals surface area contributed by atoms with Crippen molar-refractivity contribution in [2.24, 2.45) is 0 Å². The third-order valence-electron chi connectivity index (χ3n) is 4.41. The van der Waals surface area contributed by atoms with Crippen LogP contribution in [-0.4, -0.2) is 23.0 Å². The molecule has 0 radical (unpaired) electrons. The molecule has 3 heterocycles. The second-order valence-electron chi connectivity index (χ2n) is 6.39. The van der Waals surface area contributed by atoms with Gasteiger partial charge in [-0.15, -0.1) is 11.3 Å². The molecule has 0 aliphatic carbocycles. The lowest BCUT2D eigenvalue weighted by Gasteiger charge is -2.18. The molecule has 3 aromatic heterocycles. The van der Waals surface area contributed by atoms with Crippen molar-refractivity contribution < 1.29 is 9.53 Å². The lowest BCUT2D eigenvalue weighted by molar-refractivity contribution is -0.114. The van der Waals surface area contributed by atoms with Crippen LogP contribution in [0.15, 0.2) is 60.2 Å². The number of carbonyl (C=O) groups is 1. The summed E-state index contributed by atoms with van der Waals surface area (Å²) in [6.45, 7) is 2.43. The van der Waals surface area contributed by atoms with Crippen LogP contribution in [0.1, 0.15) is 16.0 Å². The van der Waals surface area contributed by atoms with Crippen molar-refractivity contribution in [2.75, 3.05) is 12.0 Å². The van der Waals surface area contributed by atoms with E-state index in [1.165, 1.54) is 11.3 Å². The van der Waals surface area contributed by atoms with Crippen LogP contribution in [0.5, 0.6) is 5.75 Å². The topological polar surface area (TPSA) is 55.3 Å². The Hall–Kier alpha value is -3.03. The minimum absolute atomic E-state index is 0.127. The number of anilines is 1. The van der Waals surface area contributed by atoms with Crippen LogP contribution >= 0.6 is 22.7 Å². The molecule has 0 saturated carbocycles. The Bertz CT molecular complexity index is 1150. The molecule has 7 heteroatoms. The van der Waals surface area contributed by atoms with Gasteiger partial charge >= 0.3 is 0 Å². The fourth-order valence-electron chi connectivity index (χ4n) is 2.92. The first kappa shape index (κ1) is 19.3. The third-order valence-corrected chi connectivity index (χ3v) is 6.46. The molecular weight excluding hydrogens is 402 g/mol. The first-order valence-corrected chi connectivity index (χ1v) is 10.7. The summed E-state index contributed by atoms with van der Waals surface area (Å²) in [6, 6.07) is 11.7. The number of thiophene rings is 1. The van der Waals surface area contributed by atoms with Crippen molar-refractivity contribution in [2.45, 2.75) is 13.5 Å². The number of fused-ring (bicyclic) bond motifs is 1. The van der Waals surface area contributed by atoms with Crippen LogP contribution in [0.25, 0.3) is 16.3 Å². The number of rotatable bonds is 6. The van der Waals surface area contributed by atoms with Gasteiger partial charge in [-0.05, 0) is 47.7 Å². The molecule has 0 unspecified atom stereocenters. The number of hydrogen-bond donors (Lipinski definition) is 0. The van der Waals surface area contributed by atoms with E-state index in [9.17, 15) is 4.79 Å². The van der Waals surface area contributed by atoms with Crippen molar-refractivity contribution >= 4 is 50.0 Å². The minimum atomic E-state index is -0.127. The zero-order chi connectivity index (χ0) is 20.2.